The second-order valence-corrected chi connectivity index (χ2v) is 5.09. The number of thioether (sulfide) groups is 1. The number of nitrogens with one attached hydrogen (secondary N) is 1. The highest BCUT2D eigenvalue weighted by Gasteiger charge is 2.15. The van der Waals surface area contributed by atoms with Crippen molar-refractivity contribution in [2.75, 3.05) is 11.6 Å². The van der Waals surface area contributed by atoms with Crippen molar-refractivity contribution in [3.63, 3.8) is 0 Å². The molecular formula is C13H11ClFN3OS. The van der Waals surface area contributed by atoms with Crippen LogP contribution in [0.5, 0.6) is 0 Å². The molecule has 4 nitrogen and oxygen atoms in total. The van der Waals surface area contributed by atoms with Crippen molar-refractivity contribution in [2.24, 2.45) is 0 Å². The van der Waals surface area contributed by atoms with Gasteiger partial charge in [-0.3, -0.25) is 4.79 Å². The number of amides is 1. The van der Waals surface area contributed by atoms with E-state index in [9.17, 15) is 9.18 Å². The van der Waals surface area contributed by atoms with Crippen LogP contribution in [0.25, 0.3) is 0 Å². The lowest BCUT2D eigenvalue weighted by Crippen LogP contribution is -2.16. The summed E-state index contributed by atoms with van der Waals surface area (Å²) >= 11 is 7.24. The largest absolute Gasteiger partial charge is 0.318 e. The van der Waals surface area contributed by atoms with Crippen LogP contribution in [0.15, 0.2) is 29.6 Å². The molecule has 7 heteroatoms. The lowest BCUT2D eigenvalue weighted by molar-refractivity contribution is 0.102. The molecule has 2 rings (SSSR count). The van der Waals surface area contributed by atoms with Gasteiger partial charge < -0.3 is 5.32 Å². The average molecular weight is 312 g/mol. The lowest BCUT2D eigenvalue weighted by atomic mass is 10.2. The molecule has 20 heavy (non-hydrogen) atoms. The third-order valence-electron chi connectivity index (χ3n) is 2.59. The molecule has 1 aromatic heterocycles. The fraction of sp³-hybridized carbons (Fsp3) is 0.154. The second kappa shape index (κ2) is 6.19. The topological polar surface area (TPSA) is 54.9 Å². The highest BCUT2D eigenvalue weighted by molar-refractivity contribution is 7.98. The van der Waals surface area contributed by atoms with Crippen molar-refractivity contribution in [3.05, 3.63) is 46.5 Å². The highest BCUT2D eigenvalue weighted by Crippen LogP contribution is 2.25. The molecule has 0 saturated heterocycles. The molecule has 0 aliphatic rings. The molecule has 0 unspecified atom stereocenters. The van der Waals surface area contributed by atoms with Crippen molar-refractivity contribution in [1.82, 2.24) is 9.97 Å². The van der Waals surface area contributed by atoms with Crippen LogP contribution in [0.4, 0.5) is 10.1 Å². The normalized spacial score (nSPS) is 10.4. The summed E-state index contributed by atoms with van der Waals surface area (Å²) in [6.45, 7) is 1.69. The van der Waals surface area contributed by atoms with Crippen LogP contribution in [0.3, 0.4) is 0 Å². The molecule has 1 aromatic carbocycles. The van der Waals surface area contributed by atoms with Gasteiger partial charge in [-0.05, 0) is 25.3 Å². The highest BCUT2D eigenvalue weighted by atomic mass is 35.5. The van der Waals surface area contributed by atoms with E-state index in [-0.39, 0.29) is 16.3 Å². The number of para-hydroxylation sites is 1. The molecule has 0 fully saturated rings. The Hall–Kier alpha value is -1.66. The van der Waals surface area contributed by atoms with Gasteiger partial charge in [0.2, 0.25) is 0 Å². The fourth-order valence-corrected chi connectivity index (χ4v) is 2.16. The summed E-state index contributed by atoms with van der Waals surface area (Å²) in [6.07, 6.45) is 3.26. The molecule has 0 bridgehead atoms. The quantitative estimate of drug-likeness (QED) is 0.695. The van der Waals surface area contributed by atoms with Gasteiger partial charge in [0, 0.05) is 6.20 Å². The zero-order valence-corrected chi connectivity index (χ0v) is 12.3. The summed E-state index contributed by atoms with van der Waals surface area (Å²) in [4.78, 5) is 20.3. The Morgan fingerprint density at radius 3 is 2.80 bits per heavy atom. The van der Waals surface area contributed by atoms with Gasteiger partial charge in [0.25, 0.3) is 5.91 Å². The molecule has 0 aliphatic heterocycles. The summed E-state index contributed by atoms with van der Waals surface area (Å²) in [5.74, 6) is -1.09. The molecule has 0 spiro atoms. The molecule has 0 aliphatic carbocycles. The van der Waals surface area contributed by atoms with Crippen LogP contribution in [0.2, 0.25) is 5.02 Å². The molecule has 1 N–H and O–H groups in total. The van der Waals surface area contributed by atoms with E-state index < -0.39 is 11.7 Å². The van der Waals surface area contributed by atoms with Gasteiger partial charge in [-0.2, -0.15) is 0 Å². The Morgan fingerprint density at radius 2 is 2.20 bits per heavy atom. The van der Waals surface area contributed by atoms with Crippen molar-refractivity contribution < 1.29 is 9.18 Å². The van der Waals surface area contributed by atoms with E-state index in [4.69, 9.17) is 11.6 Å². The Labute approximate surface area is 124 Å². The Morgan fingerprint density at radius 1 is 1.45 bits per heavy atom. The van der Waals surface area contributed by atoms with Gasteiger partial charge in [0.1, 0.15) is 5.82 Å². The third kappa shape index (κ3) is 3.08. The zero-order chi connectivity index (χ0) is 14.7. The van der Waals surface area contributed by atoms with E-state index in [2.05, 4.69) is 15.3 Å². The maximum absolute atomic E-state index is 13.6. The predicted molar refractivity (Wildman–Crippen MR) is 77.9 cm³/mol. The van der Waals surface area contributed by atoms with Gasteiger partial charge in [-0.1, -0.05) is 29.4 Å². The van der Waals surface area contributed by atoms with E-state index in [0.29, 0.717) is 10.9 Å². The standard InChI is InChI=1S/C13H11ClFN3OS/c1-7-8(6-16-13(17-7)20-2)12(19)18-11-9(14)4-3-5-10(11)15/h3-6H,1-2H3,(H,18,19). The second-order valence-electron chi connectivity index (χ2n) is 3.91. The third-order valence-corrected chi connectivity index (χ3v) is 3.46. The minimum Gasteiger partial charge on any atom is -0.318 e. The van der Waals surface area contributed by atoms with Gasteiger partial charge in [-0.15, -0.1) is 0 Å². The molecule has 1 amide bonds. The number of aromatic nitrogens is 2. The van der Waals surface area contributed by atoms with Crippen LogP contribution < -0.4 is 5.32 Å². The van der Waals surface area contributed by atoms with Crippen LogP contribution >= 0.6 is 23.4 Å². The smallest absolute Gasteiger partial charge is 0.259 e. The van der Waals surface area contributed by atoms with Crippen LogP contribution in [-0.2, 0) is 0 Å². The molecule has 1 heterocycles. The minimum atomic E-state index is -0.592. The van der Waals surface area contributed by atoms with Crippen molar-refractivity contribution in [2.45, 2.75) is 12.1 Å². The van der Waals surface area contributed by atoms with Crippen molar-refractivity contribution >= 4 is 35.0 Å². The minimum absolute atomic E-state index is 0.0486. The van der Waals surface area contributed by atoms with E-state index in [1.54, 1.807) is 6.92 Å². The van der Waals surface area contributed by atoms with Crippen LogP contribution in [-0.4, -0.2) is 22.1 Å². The number of halogens is 2. The summed E-state index contributed by atoms with van der Waals surface area (Å²) < 4.78 is 13.6. The summed E-state index contributed by atoms with van der Waals surface area (Å²) in [5, 5.41) is 3.15. The summed E-state index contributed by atoms with van der Waals surface area (Å²) in [5.41, 5.74) is 0.754. The van der Waals surface area contributed by atoms with Crippen molar-refractivity contribution in [1.29, 1.82) is 0 Å². The zero-order valence-electron chi connectivity index (χ0n) is 10.8. The number of nitrogens with zero attached hydrogens (tertiary/aromatic N) is 2. The average Bonchev–Trinajstić information content (AvgIpc) is 2.42. The van der Waals surface area contributed by atoms with E-state index >= 15 is 0 Å². The predicted octanol–water partition coefficient (Wildman–Crippen LogP) is 3.55. The molecule has 0 saturated carbocycles. The number of hydrogen-bond donors (Lipinski definition) is 1. The SMILES string of the molecule is CSc1ncc(C(=O)Nc2c(F)cccc2Cl)c(C)n1. The Balaban J connectivity index is 2.29. The molecule has 2 aromatic rings. The molecule has 104 valence electrons. The number of benzene rings is 1. The first-order chi connectivity index (χ1) is 9.52. The number of carbonyl (C=O) groups is 1. The first kappa shape index (κ1) is 14.7. The van der Waals surface area contributed by atoms with Crippen LogP contribution in [0.1, 0.15) is 16.1 Å². The maximum Gasteiger partial charge on any atom is 0.259 e. The van der Waals surface area contributed by atoms with Gasteiger partial charge in [-0.25, -0.2) is 14.4 Å². The number of rotatable bonds is 3. The maximum atomic E-state index is 13.6. The lowest BCUT2D eigenvalue weighted by Gasteiger charge is -2.09. The van der Waals surface area contributed by atoms with Gasteiger partial charge in [0.05, 0.1) is 22.0 Å². The van der Waals surface area contributed by atoms with E-state index in [1.807, 2.05) is 6.26 Å². The Kier molecular flexibility index (Phi) is 4.57. The van der Waals surface area contributed by atoms with E-state index in [1.165, 1.54) is 36.2 Å². The number of carbonyl (C=O) groups excluding carboxylic acids is 1. The molecular weight excluding hydrogens is 301 g/mol. The summed E-state index contributed by atoms with van der Waals surface area (Å²) in [6, 6.07) is 4.19. The first-order valence-corrected chi connectivity index (χ1v) is 7.26. The Bertz CT molecular complexity index is 646. The van der Waals surface area contributed by atoms with Crippen molar-refractivity contribution in [3.8, 4) is 0 Å². The monoisotopic (exact) mass is 311 g/mol. The van der Waals surface area contributed by atoms with Gasteiger partial charge in [0.15, 0.2) is 5.16 Å². The first-order valence-electron chi connectivity index (χ1n) is 5.66. The van der Waals surface area contributed by atoms with Crippen LogP contribution in [0, 0.1) is 12.7 Å². The summed E-state index contributed by atoms with van der Waals surface area (Å²) in [7, 11) is 0. The van der Waals surface area contributed by atoms with E-state index in [0.717, 1.165) is 0 Å². The molecule has 0 atom stereocenters. The van der Waals surface area contributed by atoms with Gasteiger partial charge >= 0.3 is 0 Å². The number of aryl methyl sites for hydroxylation is 1. The number of hydrogen-bond acceptors (Lipinski definition) is 4. The molecule has 0 radical (unpaired) electrons. The number of anilines is 1. The fourth-order valence-electron chi connectivity index (χ4n) is 1.57.